The van der Waals surface area contributed by atoms with Crippen LogP contribution in [0.2, 0.25) is 0 Å². The lowest BCUT2D eigenvalue weighted by Gasteiger charge is -2.60. The molecule has 0 aliphatic heterocycles. The number of carbonyl (C=O) groups is 1. The van der Waals surface area contributed by atoms with Crippen molar-refractivity contribution in [2.24, 2.45) is 17.8 Å². The zero-order valence-corrected chi connectivity index (χ0v) is 9.33. The second-order valence-electron chi connectivity index (χ2n) is 5.81. The first-order valence-electron chi connectivity index (χ1n) is 6.15. The molecule has 0 saturated heterocycles. The minimum Gasteiger partial charge on any atom is -0.355 e. The molecular weight excluding hydrogens is 188 g/mol. The summed E-state index contributed by atoms with van der Waals surface area (Å²) in [6, 6.07) is 0.473. The third-order valence-electron chi connectivity index (χ3n) is 5.06. The fourth-order valence-corrected chi connectivity index (χ4v) is 4.68. The lowest BCUT2D eigenvalue weighted by Crippen LogP contribution is -2.64. The van der Waals surface area contributed by atoms with Crippen molar-refractivity contribution in [1.82, 2.24) is 10.6 Å². The fourth-order valence-electron chi connectivity index (χ4n) is 4.68. The Bertz CT molecular complexity index is 263. The minimum absolute atomic E-state index is 0.414. The summed E-state index contributed by atoms with van der Waals surface area (Å²) in [6.45, 7) is 0. The van der Waals surface area contributed by atoms with Gasteiger partial charge in [0.25, 0.3) is 0 Å². The van der Waals surface area contributed by atoms with Crippen LogP contribution in [0, 0.1) is 17.8 Å². The minimum atomic E-state index is 0.414. The molecule has 4 aliphatic rings. The molecular formula is C12H20N2O. The number of hydrogen-bond acceptors (Lipinski definition) is 2. The monoisotopic (exact) mass is 208 g/mol. The third-order valence-corrected chi connectivity index (χ3v) is 5.06. The van der Waals surface area contributed by atoms with Crippen LogP contribution in [0.1, 0.15) is 32.1 Å². The van der Waals surface area contributed by atoms with Gasteiger partial charge in [-0.3, -0.25) is 4.79 Å². The van der Waals surface area contributed by atoms with Gasteiger partial charge >= 0.3 is 0 Å². The van der Waals surface area contributed by atoms with Crippen LogP contribution in [-0.4, -0.2) is 25.0 Å². The Hall–Kier alpha value is -0.570. The molecule has 0 spiro atoms. The quantitative estimate of drug-likeness (QED) is 0.677. The standard InChI is InChI=1S/C12H20N2O/c1-13-12-4-8-2-9(5-12)11(14-7-15)10(3-8)6-12/h7-11,13H,2-6H2,1H3,(H,14,15)/t8?,9-,10+,11?,12-. The summed E-state index contributed by atoms with van der Waals surface area (Å²) in [4.78, 5) is 10.6. The Labute approximate surface area is 91.0 Å². The number of hydrogen-bond donors (Lipinski definition) is 2. The van der Waals surface area contributed by atoms with Crippen molar-refractivity contribution < 1.29 is 4.79 Å². The first kappa shape index (κ1) is 9.64. The van der Waals surface area contributed by atoms with E-state index in [4.69, 9.17) is 0 Å². The molecule has 1 amide bonds. The summed E-state index contributed by atoms with van der Waals surface area (Å²) in [5.74, 6) is 2.38. The number of nitrogens with one attached hydrogen (secondary N) is 2. The molecule has 4 fully saturated rings. The highest BCUT2D eigenvalue weighted by Crippen LogP contribution is 2.55. The van der Waals surface area contributed by atoms with Crippen molar-refractivity contribution >= 4 is 6.41 Å². The summed E-state index contributed by atoms with van der Waals surface area (Å²) in [6.07, 6.45) is 7.48. The van der Waals surface area contributed by atoms with Crippen LogP contribution in [0.4, 0.5) is 0 Å². The molecule has 5 atom stereocenters. The maximum absolute atomic E-state index is 10.6. The Morgan fingerprint density at radius 3 is 2.40 bits per heavy atom. The summed E-state index contributed by atoms with van der Waals surface area (Å²) < 4.78 is 0. The SMILES string of the molecule is CN[C@]12CC3C[C@H](C1)C(NC=O)[C@@H](C3)C2. The van der Waals surface area contributed by atoms with E-state index in [-0.39, 0.29) is 0 Å². The maximum Gasteiger partial charge on any atom is 0.207 e. The molecule has 3 heteroatoms. The van der Waals surface area contributed by atoms with Crippen LogP contribution in [0.15, 0.2) is 0 Å². The Morgan fingerprint density at radius 2 is 1.87 bits per heavy atom. The van der Waals surface area contributed by atoms with E-state index in [2.05, 4.69) is 17.7 Å². The van der Waals surface area contributed by atoms with Gasteiger partial charge in [-0.25, -0.2) is 0 Å². The lowest BCUT2D eigenvalue weighted by atomic mass is 9.51. The third kappa shape index (κ3) is 1.32. The molecule has 0 aromatic heterocycles. The highest BCUT2D eigenvalue weighted by molar-refractivity contribution is 5.47. The largest absolute Gasteiger partial charge is 0.355 e. The van der Waals surface area contributed by atoms with Gasteiger partial charge < -0.3 is 10.6 Å². The summed E-state index contributed by atoms with van der Waals surface area (Å²) in [7, 11) is 2.11. The number of amides is 1. The van der Waals surface area contributed by atoms with Crippen molar-refractivity contribution in [3.8, 4) is 0 Å². The molecule has 0 radical (unpaired) electrons. The first-order chi connectivity index (χ1) is 7.26. The van der Waals surface area contributed by atoms with E-state index in [1.54, 1.807) is 0 Å². The van der Waals surface area contributed by atoms with Crippen LogP contribution >= 0.6 is 0 Å². The van der Waals surface area contributed by atoms with Crippen LogP contribution in [0.25, 0.3) is 0 Å². The van der Waals surface area contributed by atoms with E-state index in [9.17, 15) is 4.79 Å². The average molecular weight is 208 g/mol. The highest BCUT2D eigenvalue weighted by atomic mass is 16.1. The molecule has 0 aromatic carbocycles. The Morgan fingerprint density at radius 1 is 1.20 bits per heavy atom. The number of rotatable bonds is 3. The van der Waals surface area contributed by atoms with Crippen molar-refractivity contribution in [1.29, 1.82) is 0 Å². The Kier molecular flexibility index (Phi) is 2.06. The zero-order valence-electron chi connectivity index (χ0n) is 9.33. The van der Waals surface area contributed by atoms with Gasteiger partial charge in [0.15, 0.2) is 0 Å². The normalized spacial score (nSPS) is 51.8. The van der Waals surface area contributed by atoms with Crippen molar-refractivity contribution in [2.75, 3.05) is 7.05 Å². The van der Waals surface area contributed by atoms with E-state index in [1.165, 1.54) is 32.1 Å². The fraction of sp³-hybridized carbons (Fsp3) is 0.917. The van der Waals surface area contributed by atoms with Crippen LogP contribution < -0.4 is 10.6 Å². The molecule has 4 rings (SSSR count). The molecule has 15 heavy (non-hydrogen) atoms. The van der Waals surface area contributed by atoms with E-state index in [1.807, 2.05) is 0 Å². The van der Waals surface area contributed by atoms with E-state index in [0.29, 0.717) is 11.6 Å². The van der Waals surface area contributed by atoms with Gasteiger partial charge in [-0.2, -0.15) is 0 Å². The predicted molar refractivity (Wildman–Crippen MR) is 58.3 cm³/mol. The van der Waals surface area contributed by atoms with Crippen LogP contribution in [0.3, 0.4) is 0 Å². The predicted octanol–water partition coefficient (Wildman–Crippen LogP) is 0.899. The van der Waals surface area contributed by atoms with E-state index < -0.39 is 0 Å². The molecule has 2 unspecified atom stereocenters. The molecule has 0 heterocycles. The zero-order chi connectivity index (χ0) is 10.5. The molecule has 2 N–H and O–H groups in total. The summed E-state index contributed by atoms with van der Waals surface area (Å²) in [5.41, 5.74) is 0.414. The number of carbonyl (C=O) groups excluding carboxylic acids is 1. The van der Waals surface area contributed by atoms with Gasteiger partial charge in [0.05, 0.1) is 0 Å². The molecule has 3 nitrogen and oxygen atoms in total. The Balaban J connectivity index is 1.84. The highest BCUT2D eigenvalue weighted by Gasteiger charge is 2.54. The topological polar surface area (TPSA) is 41.1 Å². The second kappa shape index (κ2) is 3.21. The van der Waals surface area contributed by atoms with Gasteiger partial charge in [0, 0.05) is 11.6 Å². The average Bonchev–Trinajstić information content (AvgIpc) is 2.22. The van der Waals surface area contributed by atoms with Crippen LogP contribution in [-0.2, 0) is 4.79 Å². The molecule has 4 aliphatic carbocycles. The molecule has 84 valence electrons. The molecule has 4 bridgehead atoms. The second-order valence-corrected chi connectivity index (χ2v) is 5.81. The smallest absolute Gasteiger partial charge is 0.207 e. The summed E-state index contributed by atoms with van der Waals surface area (Å²) in [5, 5.41) is 6.62. The van der Waals surface area contributed by atoms with E-state index in [0.717, 1.165) is 24.2 Å². The van der Waals surface area contributed by atoms with Gasteiger partial charge in [0.1, 0.15) is 0 Å². The maximum atomic E-state index is 10.6. The molecule has 0 aromatic rings. The first-order valence-corrected chi connectivity index (χ1v) is 6.15. The van der Waals surface area contributed by atoms with Crippen molar-refractivity contribution in [2.45, 2.75) is 43.7 Å². The van der Waals surface area contributed by atoms with Crippen LogP contribution in [0.5, 0.6) is 0 Å². The van der Waals surface area contributed by atoms with Gasteiger partial charge in [-0.15, -0.1) is 0 Å². The van der Waals surface area contributed by atoms with Crippen molar-refractivity contribution in [3.63, 3.8) is 0 Å². The van der Waals surface area contributed by atoms with Gasteiger partial charge in [0.2, 0.25) is 6.41 Å². The summed E-state index contributed by atoms with van der Waals surface area (Å²) >= 11 is 0. The van der Waals surface area contributed by atoms with Crippen molar-refractivity contribution in [3.05, 3.63) is 0 Å². The lowest BCUT2D eigenvalue weighted by molar-refractivity contribution is -0.114. The molecule has 4 saturated carbocycles. The van der Waals surface area contributed by atoms with Gasteiger partial charge in [-0.1, -0.05) is 0 Å². The van der Waals surface area contributed by atoms with Gasteiger partial charge in [-0.05, 0) is 56.9 Å². The van der Waals surface area contributed by atoms with E-state index >= 15 is 0 Å².